The van der Waals surface area contributed by atoms with Crippen LogP contribution < -0.4 is 9.47 Å². The summed E-state index contributed by atoms with van der Waals surface area (Å²) < 4.78 is 26.5. The average Bonchev–Trinajstić information content (AvgIpc) is 3.80. The van der Waals surface area contributed by atoms with Gasteiger partial charge in [-0.15, -0.1) is 0 Å². The maximum atomic E-state index is 14.6. The van der Waals surface area contributed by atoms with Crippen molar-refractivity contribution in [1.82, 2.24) is 44.9 Å². The Morgan fingerprint density at radius 3 is 2.56 bits per heavy atom. The molecule has 0 bridgehead atoms. The molecule has 1 aromatic carbocycles. The van der Waals surface area contributed by atoms with Crippen LogP contribution >= 0.6 is 0 Å². The minimum absolute atomic E-state index is 0.410. The lowest BCUT2D eigenvalue weighted by Crippen LogP contribution is -2.25. The highest BCUT2D eigenvalue weighted by atomic mass is 19.1. The second-order valence-corrected chi connectivity index (χ2v) is 11.4. The van der Waals surface area contributed by atoms with Gasteiger partial charge in [-0.1, -0.05) is 0 Å². The molecule has 45 heavy (non-hydrogen) atoms. The maximum Gasteiger partial charge on any atom is 0.161 e. The zero-order valence-corrected chi connectivity index (χ0v) is 25.3. The molecule has 5 aromatic heterocycles. The number of aromatic amines is 2. The maximum absolute atomic E-state index is 14.6. The Morgan fingerprint density at radius 2 is 1.69 bits per heavy atom. The molecule has 0 radical (unpaired) electrons. The number of hydrogen-bond donors (Lipinski definition) is 2. The third-order valence-corrected chi connectivity index (χ3v) is 7.87. The van der Waals surface area contributed by atoms with Crippen molar-refractivity contribution in [2.24, 2.45) is 0 Å². The second-order valence-electron chi connectivity index (χ2n) is 11.4. The number of imidazole rings is 1. The van der Waals surface area contributed by atoms with Crippen molar-refractivity contribution in [2.45, 2.75) is 12.8 Å². The molecule has 1 aliphatic heterocycles. The van der Waals surface area contributed by atoms with Crippen LogP contribution in [-0.2, 0) is 0 Å². The molecule has 2 N–H and O–H groups in total. The van der Waals surface area contributed by atoms with E-state index in [1.54, 1.807) is 24.7 Å². The minimum atomic E-state index is -0.410. The van der Waals surface area contributed by atoms with Crippen LogP contribution in [0.25, 0.3) is 56.1 Å². The normalized spacial score (nSPS) is 13.8. The predicted octanol–water partition coefficient (Wildman–Crippen LogP) is 5.18. The Labute approximate surface area is 259 Å². The SMILES string of the molecule is CN(C)CCOc1cc(F)cc(-c2nccc3[nH]c(-c4n[nH]c5ccc(-c6cncc(OCCN7CCCC7)c6)nc45)nc23)c1. The lowest BCUT2D eigenvalue weighted by atomic mass is 10.1. The van der Waals surface area contributed by atoms with Gasteiger partial charge in [-0.05, 0) is 76.4 Å². The molecule has 0 aliphatic carbocycles. The van der Waals surface area contributed by atoms with E-state index < -0.39 is 5.82 Å². The highest BCUT2D eigenvalue weighted by molar-refractivity contribution is 5.95. The zero-order valence-electron chi connectivity index (χ0n) is 25.3. The van der Waals surface area contributed by atoms with E-state index in [-0.39, 0.29) is 0 Å². The lowest BCUT2D eigenvalue weighted by Gasteiger charge is -2.15. The van der Waals surface area contributed by atoms with Gasteiger partial charge in [0.1, 0.15) is 41.6 Å². The summed E-state index contributed by atoms with van der Waals surface area (Å²) in [6, 6.07) is 12.3. The van der Waals surface area contributed by atoms with E-state index in [4.69, 9.17) is 19.4 Å². The van der Waals surface area contributed by atoms with Crippen LogP contribution in [0, 0.1) is 5.82 Å². The molecule has 12 heteroatoms. The first-order valence-corrected chi connectivity index (χ1v) is 15.1. The Morgan fingerprint density at radius 1 is 0.867 bits per heavy atom. The van der Waals surface area contributed by atoms with Crippen molar-refractivity contribution in [3.05, 3.63) is 66.9 Å². The molecule has 0 spiro atoms. The number of aromatic nitrogens is 7. The smallest absolute Gasteiger partial charge is 0.161 e. The fourth-order valence-electron chi connectivity index (χ4n) is 5.55. The summed E-state index contributed by atoms with van der Waals surface area (Å²) in [5.74, 6) is 1.26. The van der Waals surface area contributed by atoms with Gasteiger partial charge in [0.2, 0.25) is 0 Å². The molecule has 230 valence electrons. The van der Waals surface area contributed by atoms with E-state index in [2.05, 4.69) is 30.0 Å². The fraction of sp³-hybridized carbons (Fsp3) is 0.303. The van der Waals surface area contributed by atoms with Crippen molar-refractivity contribution in [3.63, 3.8) is 0 Å². The van der Waals surface area contributed by atoms with Crippen molar-refractivity contribution in [2.75, 3.05) is 53.5 Å². The van der Waals surface area contributed by atoms with Crippen LogP contribution in [-0.4, -0.2) is 98.4 Å². The van der Waals surface area contributed by atoms with Crippen LogP contribution in [0.1, 0.15) is 12.8 Å². The van der Waals surface area contributed by atoms with Gasteiger partial charge < -0.3 is 19.4 Å². The molecule has 11 nitrogen and oxygen atoms in total. The molecule has 0 amide bonds. The standard InChI is InChI=1S/C33H34FN9O2/c1-42(2)11-13-44-24-16-21(15-23(34)18-24)29-30-27(7-8-36-29)38-33(39-30)32-31-28(40-41-32)6-5-26(37-31)22-17-25(20-35-19-22)45-14-12-43-9-3-4-10-43/h5-8,15-20H,3-4,9-14H2,1-2H3,(H,38,39)(H,40,41). The van der Waals surface area contributed by atoms with E-state index >= 15 is 0 Å². The predicted molar refractivity (Wildman–Crippen MR) is 171 cm³/mol. The van der Waals surface area contributed by atoms with Crippen LogP contribution in [0.5, 0.6) is 11.5 Å². The largest absolute Gasteiger partial charge is 0.492 e. The van der Waals surface area contributed by atoms with E-state index in [0.29, 0.717) is 65.1 Å². The monoisotopic (exact) mass is 607 g/mol. The molecular weight excluding hydrogens is 573 g/mol. The number of fused-ring (bicyclic) bond motifs is 2. The number of ether oxygens (including phenoxy) is 2. The van der Waals surface area contributed by atoms with E-state index in [1.807, 2.05) is 43.3 Å². The van der Waals surface area contributed by atoms with Crippen molar-refractivity contribution < 1.29 is 13.9 Å². The summed E-state index contributed by atoms with van der Waals surface area (Å²) in [5.41, 5.74) is 6.00. The highest BCUT2D eigenvalue weighted by Gasteiger charge is 2.19. The Kier molecular flexibility index (Phi) is 8.05. The van der Waals surface area contributed by atoms with Crippen LogP contribution in [0.3, 0.4) is 0 Å². The van der Waals surface area contributed by atoms with Crippen molar-refractivity contribution in [1.29, 1.82) is 0 Å². The number of nitrogens with zero attached hydrogens (tertiary/aromatic N) is 7. The first kappa shape index (κ1) is 28.8. The summed E-state index contributed by atoms with van der Waals surface area (Å²) in [6.45, 7) is 4.95. The zero-order chi connectivity index (χ0) is 30.8. The number of rotatable bonds is 11. The Hall–Kier alpha value is -4.94. The molecular formula is C33H34FN9O2. The number of nitrogens with one attached hydrogen (secondary N) is 2. The first-order valence-electron chi connectivity index (χ1n) is 15.1. The molecule has 1 saturated heterocycles. The molecule has 0 saturated carbocycles. The third-order valence-electron chi connectivity index (χ3n) is 7.87. The quantitative estimate of drug-likeness (QED) is 0.205. The van der Waals surface area contributed by atoms with Gasteiger partial charge in [-0.2, -0.15) is 5.10 Å². The number of pyridine rings is 3. The Balaban J connectivity index is 1.17. The molecule has 7 rings (SSSR count). The van der Waals surface area contributed by atoms with E-state index in [9.17, 15) is 4.39 Å². The second kappa shape index (κ2) is 12.6. The van der Waals surface area contributed by atoms with Gasteiger partial charge in [0, 0.05) is 42.7 Å². The molecule has 1 fully saturated rings. The van der Waals surface area contributed by atoms with Gasteiger partial charge in [0.05, 0.1) is 28.6 Å². The summed E-state index contributed by atoms with van der Waals surface area (Å²) in [4.78, 5) is 26.5. The minimum Gasteiger partial charge on any atom is -0.492 e. The van der Waals surface area contributed by atoms with E-state index in [0.717, 1.165) is 41.9 Å². The van der Waals surface area contributed by atoms with Gasteiger partial charge in [0.25, 0.3) is 0 Å². The molecule has 0 atom stereocenters. The molecule has 6 heterocycles. The summed E-state index contributed by atoms with van der Waals surface area (Å²) >= 11 is 0. The van der Waals surface area contributed by atoms with Crippen LogP contribution in [0.4, 0.5) is 4.39 Å². The third kappa shape index (κ3) is 6.33. The number of likely N-dealkylation sites (N-methyl/N-ethyl adjacent to an activating group) is 1. The summed E-state index contributed by atoms with van der Waals surface area (Å²) in [6.07, 6.45) is 7.69. The Bertz CT molecular complexity index is 1950. The molecule has 1 aliphatic rings. The lowest BCUT2D eigenvalue weighted by molar-refractivity contribution is 0.237. The van der Waals surface area contributed by atoms with Gasteiger partial charge in [-0.25, -0.2) is 14.4 Å². The topological polar surface area (TPSA) is 121 Å². The molecule has 0 unspecified atom stereocenters. The van der Waals surface area contributed by atoms with Gasteiger partial charge in [-0.3, -0.25) is 20.0 Å². The number of halogens is 1. The van der Waals surface area contributed by atoms with Crippen molar-refractivity contribution >= 4 is 22.1 Å². The summed E-state index contributed by atoms with van der Waals surface area (Å²) in [7, 11) is 3.92. The first-order chi connectivity index (χ1) is 22.0. The molecule has 6 aromatic rings. The summed E-state index contributed by atoms with van der Waals surface area (Å²) in [5, 5.41) is 7.60. The number of benzene rings is 1. The number of likely N-dealkylation sites (tertiary alicyclic amines) is 1. The van der Waals surface area contributed by atoms with E-state index in [1.165, 1.54) is 25.0 Å². The average molecular weight is 608 g/mol. The number of hydrogen-bond acceptors (Lipinski definition) is 9. The highest BCUT2D eigenvalue weighted by Crippen LogP contribution is 2.32. The van der Waals surface area contributed by atoms with Crippen molar-refractivity contribution in [3.8, 4) is 45.5 Å². The van der Waals surface area contributed by atoms with Gasteiger partial charge in [0.15, 0.2) is 11.5 Å². The number of H-pyrrole nitrogens is 2. The fourth-order valence-corrected chi connectivity index (χ4v) is 5.55. The van der Waals surface area contributed by atoms with Crippen LogP contribution in [0.2, 0.25) is 0 Å². The van der Waals surface area contributed by atoms with Crippen LogP contribution in [0.15, 0.2) is 61.1 Å². The van der Waals surface area contributed by atoms with Gasteiger partial charge >= 0.3 is 0 Å².